The zero-order chi connectivity index (χ0) is 14.7. The minimum atomic E-state index is -0.0670. The summed E-state index contributed by atoms with van der Waals surface area (Å²) in [6.45, 7) is 1.48. The molecule has 0 bridgehead atoms. The molecule has 0 spiro atoms. The monoisotopic (exact) mass is 287 g/mol. The summed E-state index contributed by atoms with van der Waals surface area (Å²) in [5.74, 6) is -0.0670. The van der Waals surface area contributed by atoms with Gasteiger partial charge in [0.1, 0.15) is 0 Å². The first-order chi connectivity index (χ1) is 10.2. The fourth-order valence-electron chi connectivity index (χ4n) is 2.80. The highest BCUT2D eigenvalue weighted by molar-refractivity contribution is 6.07. The maximum Gasteiger partial charge on any atom is 0.253 e. The van der Waals surface area contributed by atoms with Gasteiger partial charge in [0.25, 0.3) is 5.91 Å². The van der Waals surface area contributed by atoms with Crippen molar-refractivity contribution in [3.05, 3.63) is 30.0 Å². The number of rotatable bonds is 4. The molecular formula is C16H21N3O2. The second-order valence-corrected chi connectivity index (χ2v) is 5.54. The minimum absolute atomic E-state index is 0.0670. The molecular weight excluding hydrogens is 266 g/mol. The number of carbonyl (C=O) groups excluding carboxylic acids is 1. The van der Waals surface area contributed by atoms with Gasteiger partial charge in [-0.3, -0.25) is 4.79 Å². The number of carbonyl (C=O) groups is 1. The summed E-state index contributed by atoms with van der Waals surface area (Å²) in [4.78, 5) is 15.4. The van der Waals surface area contributed by atoms with Crippen LogP contribution < -0.4 is 11.1 Å². The van der Waals surface area contributed by atoms with Gasteiger partial charge in [-0.2, -0.15) is 0 Å². The predicted molar refractivity (Wildman–Crippen MR) is 83.3 cm³/mol. The molecule has 0 saturated carbocycles. The van der Waals surface area contributed by atoms with E-state index in [-0.39, 0.29) is 12.0 Å². The van der Waals surface area contributed by atoms with Gasteiger partial charge >= 0.3 is 0 Å². The van der Waals surface area contributed by atoms with Gasteiger partial charge in [0.2, 0.25) is 0 Å². The van der Waals surface area contributed by atoms with E-state index in [4.69, 9.17) is 10.5 Å². The quantitative estimate of drug-likeness (QED) is 0.756. The lowest BCUT2D eigenvalue weighted by Gasteiger charge is -2.22. The Balaban J connectivity index is 1.60. The van der Waals surface area contributed by atoms with Crippen molar-refractivity contribution in [2.24, 2.45) is 0 Å². The summed E-state index contributed by atoms with van der Waals surface area (Å²) >= 11 is 0. The van der Waals surface area contributed by atoms with Gasteiger partial charge in [-0.05, 0) is 43.9 Å². The molecule has 5 heteroatoms. The highest BCUT2D eigenvalue weighted by atomic mass is 16.5. The first kappa shape index (κ1) is 13.9. The number of H-pyrrole nitrogens is 1. The number of nitrogens with two attached hydrogens (primary N) is 1. The van der Waals surface area contributed by atoms with E-state index < -0.39 is 0 Å². The lowest BCUT2D eigenvalue weighted by molar-refractivity contribution is 0.0117. The SMILES string of the molecule is Nc1ccc2[nH]cc(C(=O)NCCC3CCCCO3)c2c1. The molecule has 1 unspecified atom stereocenters. The fourth-order valence-corrected chi connectivity index (χ4v) is 2.80. The average Bonchev–Trinajstić information content (AvgIpc) is 2.91. The van der Waals surface area contributed by atoms with E-state index in [0.717, 1.165) is 36.8 Å². The number of fused-ring (bicyclic) bond motifs is 1. The first-order valence-electron chi connectivity index (χ1n) is 7.50. The van der Waals surface area contributed by atoms with Crippen molar-refractivity contribution in [1.82, 2.24) is 10.3 Å². The Morgan fingerprint density at radius 3 is 3.14 bits per heavy atom. The third-order valence-corrected chi connectivity index (χ3v) is 3.98. The summed E-state index contributed by atoms with van der Waals surface area (Å²) < 4.78 is 5.66. The molecule has 1 fully saturated rings. The van der Waals surface area contributed by atoms with Gasteiger partial charge in [-0.25, -0.2) is 0 Å². The highest BCUT2D eigenvalue weighted by Gasteiger charge is 2.15. The summed E-state index contributed by atoms with van der Waals surface area (Å²) in [7, 11) is 0. The Labute approximate surface area is 123 Å². The van der Waals surface area contributed by atoms with E-state index in [1.807, 2.05) is 18.2 Å². The first-order valence-corrected chi connectivity index (χ1v) is 7.50. The normalized spacial score (nSPS) is 18.8. The summed E-state index contributed by atoms with van der Waals surface area (Å²) in [6.07, 6.45) is 6.37. The Kier molecular flexibility index (Phi) is 4.10. The molecule has 21 heavy (non-hydrogen) atoms. The number of ether oxygens (including phenoxy) is 1. The number of hydrogen-bond acceptors (Lipinski definition) is 3. The predicted octanol–water partition coefficient (Wildman–Crippen LogP) is 2.44. The second kappa shape index (κ2) is 6.18. The van der Waals surface area contributed by atoms with Crippen LogP contribution in [0.25, 0.3) is 10.9 Å². The lowest BCUT2D eigenvalue weighted by atomic mass is 10.1. The molecule has 1 aliphatic rings. The Morgan fingerprint density at radius 1 is 1.43 bits per heavy atom. The minimum Gasteiger partial charge on any atom is -0.399 e. The molecule has 1 atom stereocenters. The molecule has 0 radical (unpaired) electrons. The topological polar surface area (TPSA) is 80.1 Å². The summed E-state index contributed by atoms with van der Waals surface area (Å²) in [5.41, 5.74) is 8.01. The maximum absolute atomic E-state index is 12.3. The van der Waals surface area contributed by atoms with Crippen molar-refractivity contribution in [3.8, 4) is 0 Å². The second-order valence-electron chi connectivity index (χ2n) is 5.54. The van der Waals surface area contributed by atoms with Gasteiger partial charge in [-0.1, -0.05) is 0 Å². The zero-order valence-corrected chi connectivity index (χ0v) is 12.0. The summed E-state index contributed by atoms with van der Waals surface area (Å²) in [5, 5.41) is 3.83. The number of nitrogens with one attached hydrogen (secondary N) is 2. The van der Waals surface area contributed by atoms with Crippen molar-refractivity contribution in [3.63, 3.8) is 0 Å². The number of hydrogen-bond donors (Lipinski definition) is 3. The number of nitrogen functional groups attached to an aromatic ring is 1. The molecule has 1 aromatic heterocycles. The molecule has 1 aliphatic heterocycles. The number of amides is 1. The van der Waals surface area contributed by atoms with Crippen LogP contribution in [-0.4, -0.2) is 30.1 Å². The van der Waals surface area contributed by atoms with Crippen LogP contribution in [0.15, 0.2) is 24.4 Å². The molecule has 4 N–H and O–H groups in total. The molecule has 3 rings (SSSR count). The number of anilines is 1. The Bertz CT molecular complexity index is 629. The maximum atomic E-state index is 12.3. The molecule has 5 nitrogen and oxygen atoms in total. The lowest BCUT2D eigenvalue weighted by Crippen LogP contribution is -2.29. The van der Waals surface area contributed by atoms with Crippen LogP contribution in [-0.2, 0) is 4.74 Å². The van der Waals surface area contributed by atoms with Gasteiger partial charge < -0.3 is 20.8 Å². The van der Waals surface area contributed by atoms with Crippen molar-refractivity contribution in [2.75, 3.05) is 18.9 Å². The number of aromatic nitrogens is 1. The molecule has 1 amide bonds. The summed E-state index contributed by atoms with van der Waals surface area (Å²) in [6, 6.07) is 5.53. The third-order valence-electron chi connectivity index (χ3n) is 3.98. The van der Waals surface area contributed by atoms with Crippen LogP contribution >= 0.6 is 0 Å². The molecule has 112 valence electrons. The van der Waals surface area contributed by atoms with E-state index >= 15 is 0 Å². The number of benzene rings is 1. The third kappa shape index (κ3) is 3.19. The van der Waals surface area contributed by atoms with Crippen molar-refractivity contribution in [2.45, 2.75) is 31.8 Å². The average molecular weight is 287 g/mol. The van der Waals surface area contributed by atoms with E-state index in [1.54, 1.807) is 6.20 Å². The van der Waals surface area contributed by atoms with E-state index in [1.165, 1.54) is 6.42 Å². The van der Waals surface area contributed by atoms with E-state index in [2.05, 4.69) is 10.3 Å². The highest BCUT2D eigenvalue weighted by Crippen LogP contribution is 2.21. The fraction of sp³-hybridized carbons (Fsp3) is 0.438. The van der Waals surface area contributed by atoms with Crippen LogP contribution in [0.4, 0.5) is 5.69 Å². The van der Waals surface area contributed by atoms with Crippen molar-refractivity contribution < 1.29 is 9.53 Å². The van der Waals surface area contributed by atoms with Gasteiger partial charge in [0.15, 0.2) is 0 Å². The molecule has 0 aliphatic carbocycles. The van der Waals surface area contributed by atoms with E-state index in [0.29, 0.717) is 17.8 Å². The van der Waals surface area contributed by atoms with Gasteiger partial charge in [-0.15, -0.1) is 0 Å². The molecule has 1 saturated heterocycles. The van der Waals surface area contributed by atoms with Crippen LogP contribution in [0.1, 0.15) is 36.0 Å². The molecule has 2 aromatic rings. The van der Waals surface area contributed by atoms with Crippen LogP contribution in [0.2, 0.25) is 0 Å². The number of aromatic amines is 1. The Hall–Kier alpha value is -2.01. The van der Waals surface area contributed by atoms with Crippen LogP contribution in [0.3, 0.4) is 0 Å². The smallest absolute Gasteiger partial charge is 0.253 e. The molecule has 2 heterocycles. The zero-order valence-electron chi connectivity index (χ0n) is 12.0. The van der Waals surface area contributed by atoms with Crippen molar-refractivity contribution in [1.29, 1.82) is 0 Å². The van der Waals surface area contributed by atoms with Gasteiger partial charge in [0, 0.05) is 35.9 Å². The Morgan fingerprint density at radius 2 is 2.33 bits per heavy atom. The van der Waals surface area contributed by atoms with E-state index in [9.17, 15) is 4.79 Å². The van der Waals surface area contributed by atoms with Gasteiger partial charge in [0.05, 0.1) is 11.7 Å². The standard InChI is InChI=1S/C16H21N3O2/c17-11-4-5-15-13(9-11)14(10-19-15)16(20)18-7-6-12-3-1-2-8-21-12/h4-5,9-10,12,19H,1-3,6-8,17H2,(H,18,20). The van der Waals surface area contributed by atoms with Crippen LogP contribution in [0.5, 0.6) is 0 Å². The van der Waals surface area contributed by atoms with Crippen LogP contribution in [0, 0.1) is 0 Å². The largest absolute Gasteiger partial charge is 0.399 e. The molecule has 1 aromatic carbocycles. The van der Waals surface area contributed by atoms with Crippen molar-refractivity contribution >= 4 is 22.5 Å².